The molecule has 110 valence electrons. The molecule has 0 aliphatic heterocycles. The van der Waals surface area contributed by atoms with Crippen molar-refractivity contribution in [1.82, 2.24) is 15.1 Å². The number of rotatable bonds is 4. The van der Waals surface area contributed by atoms with Gasteiger partial charge in [0.25, 0.3) is 0 Å². The molecule has 2 rings (SSSR count). The summed E-state index contributed by atoms with van der Waals surface area (Å²) < 4.78 is 1.69. The molecule has 2 N–H and O–H groups in total. The maximum absolute atomic E-state index is 11.8. The summed E-state index contributed by atoms with van der Waals surface area (Å²) in [5.74, 6) is 0.494. The number of carbonyl (C=O) groups is 1. The van der Waals surface area contributed by atoms with E-state index in [0.717, 1.165) is 31.4 Å². The van der Waals surface area contributed by atoms with Crippen LogP contribution in [0.25, 0.3) is 6.08 Å². The predicted octanol–water partition coefficient (Wildman–Crippen LogP) is 1.49. The molecule has 0 atom stereocenters. The molecule has 1 aromatic rings. The lowest BCUT2D eigenvalue weighted by Gasteiger charge is -2.34. The number of aromatic nitrogens is 2. The van der Waals surface area contributed by atoms with Crippen LogP contribution in [-0.2, 0) is 11.8 Å². The van der Waals surface area contributed by atoms with Gasteiger partial charge in [-0.2, -0.15) is 5.10 Å². The highest BCUT2D eigenvalue weighted by Crippen LogP contribution is 2.31. The van der Waals surface area contributed by atoms with E-state index >= 15 is 0 Å². The van der Waals surface area contributed by atoms with Crippen molar-refractivity contribution in [3.8, 4) is 0 Å². The highest BCUT2D eigenvalue weighted by Gasteiger charge is 2.31. The lowest BCUT2D eigenvalue weighted by atomic mass is 9.79. The van der Waals surface area contributed by atoms with Crippen molar-refractivity contribution in [3.05, 3.63) is 24.0 Å². The summed E-state index contributed by atoms with van der Waals surface area (Å²) in [6, 6.07) is 1.83. The Kier molecular flexibility index (Phi) is 4.60. The van der Waals surface area contributed by atoms with Gasteiger partial charge in [-0.05, 0) is 43.7 Å². The van der Waals surface area contributed by atoms with Crippen molar-refractivity contribution in [2.75, 3.05) is 6.54 Å². The number of nitrogens with zero attached hydrogens (tertiary/aromatic N) is 2. The summed E-state index contributed by atoms with van der Waals surface area (Å²) in [6.07, 6.45) is 8.46. The van der Waals surface area contributed by atoms with Gasteiger partial charge in [-0.1, -0.05) is 6.92 Å². The van der Waals surface area contributed by atoms with E-state index in [1.54, 1.807) is 17.0 Å². The summed E-state index contributed by atoms with van der Waals surface area (Å²) in [5, 5.41) is 17.2. The standard InChI is InChI=1S/C15H23N3O2/c1-12-5-8-15(20,9-6-12)11-16-14(19)4-3-13-7-10-17-18(13)2/h3-4,7,10,12,20H,5-6,8-9,11H2,1-2H3,(H,16,19). The maximum Gasteiger partial charge on any atom is 0.244 e. The largest absolute Gasteiger partial charge is 0.388 e. The third kappa shape index (κ3) is 3.93. The molecule has 0 spiro atoms. The molecule has 0 radical (unpaired) electrons. The Morgan fingerprint density at radius 1 is 1.60 bits per heavy atom. The van der Waals surface area contributed by atoms with Crippen molar-refractivity contribution in [2.24, 2.45) is 13.0 Å². The Morgan fingerprint density at radius 3 is 2.90 bits per heavy atom. The minimum absolute atomic E-state index is 0.182. The van der Waals surface area contributed by atoms with E-state index in [1.165, 1.54) is 6.08 Å². The van der Waals surface area contributed by atoms with Gasteiger partial charge in [-0.3, -0.25) is 9.48 Å². The van der Waals surface area contributed by atoms with E-state index in [9.17, 15) is 9.90 Å². The molecule has 1 aliphatic carbocycles. The van der Waals surface area contributed by atoms with Crippen molar-refractivity contribution in [3.63, 3.8) is 0 Å². The first kappa shape index (κ1) is 14.8. The lowest BCUT2D eigenvalue weighted by molar-refractivity contribution is -0.118. The Hall–Kier alpha value is -1.62. The van der Waals surface area contributed by atoms with Crippen LogP contribution in [0.2, 0.25) is 0 Å². The monoisotopic (exact) mass is 277 g/mol. The zero-order valence-corrected chi connectivity index (χ0v) is 12.2. The molecule has 0 aromatic carbocycles. The summed E-state index contributed by atoms with van der Waals surface area (Å²) in [6.45, 7) is 2.53. The molecule has 5 heteroatoms. The van der Waals surface area contributed by atoms with E-state index < -0.39 is 5.60 Å². The van der Waals surface area contributed by atoms with Gasteiger partial charge < -0.3 is 10.4 Å². The molecule has 0 unspecified atom stereocenters. The van der Waals surface area contributed by atoms with Crippen LogP contribution in [0.15, 0.2) is 18.3 Å². The quantitative estimate of drug-likeness (QED) is 0.819. The van der Waals surface area contributed by atoms with Gasteiger partial charge in [-0.25, -0.2) is 0 Å². The van der Waals surface area contributed by atoms with Gasteiger partial charge in [0.05, 0.1) is 11.3 Å². The van der Waals surface area contributed by atoms with E-state index in [1.807, 2.05) is 13.1 Å². The van der Waals surface area contributed by atoms with E-state index in [2.05, 4.69) is 17.3 Å². The van der Waals surface area contributed by atoms with Crippen LogP contribution >= 0.6 is 0 Å². The number of nitrogens with one attached hydrogen (secondary N) is 1. The Morgan fingerprint density at radius 2 is 2.30 bits per heavy atom. The highest BCUT2D eigenvalue weighted by molar-refractivity contribution is 5.91. The second-order valence-electron chi connectivity index (χ2n) is 5.84. The number of amides is 1. The number of hydrogen-bond acceptors (Lipinski definition) is 3. The molecule has 1 saturated carbocycles. The third-order valence-electron chi connectivity index (χ3n) is 4.06. The second kappa shape index (κ2) is 6.22. The molecule has 1 fully saturated rings. The third-order valence-corrected chi connectivity index (χ3v) is 4.06. The molecule has 20 heavy (non-hydrogen) atoms. The van der Waals surface area contributed by atoms with Gasteiger partial charge in [0.1, 0.15) is 0 Å². The Bertz CT molecular complexity index is 485. The van der Waals surface area contributed by atoms with E-state index in [0.29, 0.717) is 12.5 Å². The van der Waals surface area contributed by atoms with Gasteiger partial charge in [0, 0.05) is 25.9 Å². The predicted molar refractivity (Wildman–Crippen MR) is 77.8 cm³/mol. The van der Waals surface area contributed by atoms with Crippen molar-refractivity contribution in [1.29, 1.82) is 0 Å². The topological polar surface area (TPSA) is 67.2 Å². The molecule has 0 saturated heterocycles. The second-order valence-corrected chi connectivity index (χ2v) is 5.84. The number of aryl methyl sites for hydroxylation is 1. The van der Waals surface area contributed by atoms with Crippen molar-refractivity contribution < 1.29 is 9.90 Å². The van der Waals surface area contributed by atoms with Crippen LogP contribution in [0.4, 0.5) is 0 Å². The molecule has 0 bridgehead atoms. The first-order chi connectivity index (χ1) is 9.48. The van der Waals surface area contributed by atoms with Crippen molar-refractivity contribution >= 4 is 12.0 Å². The molecular weight excluding hydrogens is 254 g/mol. The van der Waals surface area contributed by atoms with E-state index in [4.69, 9.17) is 0 Å². The zero-order chi connectivity index (χ0) is 14.6. The van der Waals surface area contributed by atoms with Crippen LogP contribution in [0.5, 0.6) is 0 Å². The van der Waals surface area contributed by atoms with Crippen LogP contribution in [0.3, 0.4) is 0 Å². The zero-order valence-electron chi connectivity index (χ0n) is 12.2. The normalized spacial score (nSPS) is 26.9. The summed E-state index contributed by atoms with van der Waals surface area (Å²) in [7, 11) is 1.82. The summed E-state index contributed by atoms with van der Waals surface area (Å²) in [5.41, 5.74) is 0.132. The molecule has 5 nitrogen and oxygen atoms in total. The van der Waals surface area contributed by atoms with Crippen LogP contribution in [0.1, 0.15) is 38.3 Å². The molecular formula is C15H23N3O2. The van der Waals surface area contributed by atoms with Gasteiger partial charge in [0.15, 0.2) is 0 Å². The number of aliphatic hydroxyl groups is 1. The summed E-state index contributed by atoms with van der Waals surface area (Å²) >= 11 is 0. The minimum atomic E-state index is -0.734. The average Bonchev–Trinajstić information content (AvgIpc) is 2.84. The minimum Gasteiger partial charge on any atom is -0.388 e. The van der Waals surface area contributed by atoms with Gasteiger partial charge >= 0.3 is 0 Å². The number of carbonyl (C=O) groups excluding carboxylic acids is 1. The first-order valence-corrected chi connectivity index (χ1v) is 7.15. The fourth-order valence-corrected chi connectivity index (χ4v) is 2.50. The molecule has 1 amide bonds. The molecule has 1 aromatic heterocycles. The lowest BCUT2D eigenvalue weighted by Crippen LogP contribution is -2.44. The van der Waals surface area contributed by atoms with Gasteiger partial charge in [-0.15, -0.1) is 0 Å². The average molecular weight is 277 g/mol. The van der Waals surface area contributed by atoms with Crippen LogP contribution < -0.4 is 5.32 Å². The van der Waals surface area contributed by atoms with Crippen LogP contribution in [-0.4, -0.2) is 32.9 Å². The fourth-order valence-electron chi connectivity index (χ4n) is 2.50. The van der Waals surface area contributed by atoms with Crippen LogP contribution in [0, 0.1) is 5.92 Å². The Balaban J connectivity index is 1.80. The molecule has 1 heterocycles. The smallest absolute Gasteiger partial charge is 0.244 e. The SMILES string of the molecule is CC1CCC(O)(CNC(=O)C=Cc2ccnn2C)CC1. The Labute approximate surface area is 119 Å². The number of hydrogen-bond donors (Lipinski definition) is 2. The van der Waals surface area contributed by atoms with Gasteiger partial charge in [0.2, 0.25) is 5.91 Å². The van der Waals surface area contributed by atoms with E-state index in [-0.39, 0.29) is 5.91 Å². The van der Waals surface area contributed by atoms with Crippen molar-refractivity contribution in [2.45, 2.75) is 38.2 Å². The maximum atomic E-state index is 11.8. The fraction of sp³-hybridized carbons (Fsp3) is 0.600. The highest BCUT2D eigenvalue weighted by atomic mass is 16.3. The first-order valence-electron chi connectivity index (χ1n) is 7.15. The molecule has 1 aliphatic rings. The summed E-state index contributed by atoms with van der Waals surface area (Å²) in [4.78, 5) is 11.8.